The van der Waals surface area contributed by atoms with E-state index in [9.17, 15) is 18.0 Å². The van der Waals surface area contributed by atoms with Crippen molar-refractivity contribution in [3.05, 3.63) is 57.2 Å². The van der Waals surface area contributed by atoms with Crippen LogP contribution < -0.4 is 30.3 Å². The summed E-state index contributed by atoms with van der Waals surface area (Å²) >= 11 is 0. The number of hydrogen-bond donors (Lipinski definition) is 2. The van der Waals surface area contributed by atoms with Gasteiger partial charge in [-0.25, -0.2) is 13.2 Å². The Morgan fingerprint density at radius 1 is 1.03 bits per heavy atom. The second-order valence-electron chi connectivity index (χ2n) is 8.59. The molecule has 1 fully saturated rings. The fraction of sp³-hybridized carbons (Fsp3) is 0.417. The molecule has 3 aromatic rings. The first-order valence-corrected chi connectivity index (χ1v) is 13.6. The van der Waals surface area contributed by atoms with E-state index in [1.807, 2.05) is 24.3 Å². The van der Waals surface area contributed by atoms with Crippen molar-refractivity contribution < 1.29 is 17.9 Å². The van der Waals surface area contributed by atoms with Crippen LogP contribution in [0.1, 0.15) is 6.92 Å². The number of nitrogens with one attached hydrogen (secondary N) is 2. The number of hydrogen-bond acceptors (Lipinski definition) is 8. The van der Waals surface area contributed by atoms with E-state index >= 15 is 0 Å². The maximum absolute atomic E-state index is 13.2. The average molecular weight is 518 g/mol. The Morgan fingerprint density at radius 3 is 2.42 bits per heavy atom. The van der Waals surface area contributed by atoms with Gasteiger partial charge in [0.25, 0.3) is 5.56 Å². The van der Waals surface area contributed by atoms with Crippen LogP contribution in [0, 0.1) is 0 Å². The highest BCUT2D eigenvalue weighted by molar-refractivity contribution is 7.92. The Balaban J connectivity index is 1.51. The standard InChI is InChI=1S/C24H31N5O6S/c1-4-35-22-15-17-18(16-19(22)26-36(3,32)33)25-24(31)29(23(17)30)14-11-27-9-12-28(13-10-27)20-7-5-6-8-21(20)34-2/h5-8,15-16,26H,4,9-14H2,1-3H3,(H,25,31). The smallest absolute Gasteiger partial charge is 0.328 e. The van der Waals surface area contributed by atoms with Crippen molar-refractivity contribution in [3.8, 4) is 11.5 Å². The highest BCUT2D eigenvalue weighted by atomic mass is 32.2. The van der Waals surface area contributed by atoms with E-state index in [0.29, 0.717) is 6.54 Å². The molecule has 2 N–H and O–H groups in total. The highest BCUT2D eigenvalue weighted by Crippen LogP contribution is 2.29. The Morgan fingerprint density at radius 2 is 1.75 bits per heavy atom. The van der Waals surface area contributed by atoms with Gasteiger partial charge in [-0.3, -0.25) is 19.0 Å². The van der Waals surface area contributed by atoms with Gasteiger partial charge in [0.1, 0.15) is 11.5 Å². The molecule has 194 valence electrons. The van der Waals surface area contributed by atoms with E-state index < -0.39 is 21.3 Å². The second kappa shape index (κ2) is 10.6. The normalized spacial score (nSPS) is 14.7. The van der Waals surface area contributed by atoms with E-state index in [0.717, 1.165) is 43.9 Å². The molecular formula is C24H31N5O6S. The van der Waals surface area contributed by atoms with Gasteiger partial charge in [0, 0.05) is 39.3 Å². The number of para-hydroxylation sites is 2. The minimum Gasteiger partial charge on any atom is -0.495 e. The number of sulfonamides is 1. The second-order valence-corrected chi connectivity index (χ2v) is 10.3. The lowest BCUT2D eigenvalue weighted by molar-refractivity contribution is 0.245. The molecule has 0 saturated carbocycles. The summed E-state index contributed by atoms with van der Waals surface area (Å²) in [5.74, 6) is 1.06. The molecule has 1 saturated heterocycles. The summed E-state index contributed by atoms with van der Waals surface area (Å²) in [5, 5.41) is 0.248. The summed E-state index contributed by atoms with van der Waals surface area (Å²) in [7, 11) is -1.92. The number of benzene rings is 2. The topological polar surface area (TPSA) is 126 Å². The zero-order valence-corrected chi connectivity index (χ0v) is 21.4. The third-order valence-corrected chi connectivity index (χ3v) is 6.71. The fourth-order valence-electron chi connectivity index (χ4n) is 4.38. The Labute approximate surface area is 209 Å². The molecule has 0 atom stereocenters. The van der Waals surface area contributed by atoms with Crippen molar-refractivity contribution >= 4 is 32.3 Å². The summed E-state index contributed by atoms with van der Waals surface area (Å²) in [4.78, 5) is 33.1. The average Bonchev–Trinajstić information content (AvgIpc) is 2.84. The van der Waals surface area contributed by atoms with Crippen molar-refractivity contribution in [2.75, 3.05) is 62.3 Å². The number of nitrogens with zero attached hydrogens (tertiary/aromatic N) is 3. The molecule has 11 nitrogen and oxygen atoms in total. The molecule has 12 heteroatoms. The molecule has 0 unspecified atom stereocenters. The lowest BCUT2D eigenvalue weighted by Crippen LogP contribution is -2.48. The SMILES string of the molecule is CCOc1cc2c(=O)n(CCN3CCN(c4ccccc4OC)CC3)c(=O)[nH]c2cc1NS(C)(=O)=O. The van der Waals surface area contributed by atoms with Crippen LogP contribution in [-0.2, 0) is 16.6 Å². The van der Waals surface area contributed by atoms with Gasteiger partial charge < -0.3 is 19.4 Å². The Bertz CT molecular complexity index is 1460. The van der Waals surface area contributed by atoms with Crippen LogP contribution >= 0.6 is 0 Å². The van der Waals surface area contributed by atoms with Crippen LogP contribution in [0.4, 0.5) is 11.4 Å². The minimum atomic E-state index is -3.58. The van der Waals surface area contributed by atoms with Crippen LogP contribution in [0.2, 0.25) is 0 Å². The lowest BCUT2D eigenvalue weighted by atomic mass is 10.2. The zero-order chi connectivity index (χ0) is 25.9. The number of methoxy groups -OCH3 is 1. The van der Waals surface area contributed by atoms with Crippen LogP contribution in [0.5, 0.6) is 11.5 Å². The molecule has 2 heterocycles. The summed E-state index contributed by atoms with van der Waals surface area (Å²) < 4.78 is 38.0. The van der Waals surface area contributed by atoms with E-state index in [2.05, 4.69) is 19.5 Å². The molecule has 1 aliphatic heterocycles. The summed E-state index contributed by atoms with van der Waals surface area (Å²) in [6.07, 6.45) is 1.02. The van der Waals surface area contributed by atoms with Gasteiger partial charge in [0.15, 0.2) is 0 Å². The maximum atomic E-state index is 13.2. The van der Waals surface area contributed by atoms with E-state index in [-0.39, 0.29) is 35.5 Å². The largest absolute Gasteiger partial charge is 0.495 e. The first-order valence-electron chi connectivity index (χ1n) is 11.7. The third-order valence-electron chi connectivity index (χ3n) is 6.12. The number of fused-ring (bicyclic) bond motifs is 1. The molecule has 0 bridgehead atoms. The van der Waals surface area contributed by atoms with Crippen molar-refractivity contribution in [2.45, 2.75) is 13.5 Å². The molecule has 0 radical (unpaired) electrons. The van der Waals surface area contributed by atoms with E-state index in [4.69, 9.17) is 9.47 Å². The number of rotatable bonds is 9. The number of aromatic nitrogens is 2. The predicted octanol–water partition coefficient (Wildman–Crippen LogP) is 1.29. The quantitative estimate of drug-likeness (QED) is 0.435. The van der Waals surface area contributed by atoms with Crippen LogP contribution in [0.3, 0.4) is 0 Å². The van der Waals surface area contributed by atoms with E-state index in [1.165, 1.54) is 16.7 Å². The summed E-state index contributed by atoms with van der Waals surface area (Å²) in [6.45, 7) is 5.98. The molecular weight excluding hydrogens is 486 g/mol. The molecule has 1 aromatic heterocycles. The monoisotopic (exact) mass is 517 g/mol. The zero-order valence-electron chi connectivity index (χ0n) is 20.6. The van der Waals surface area contributed by atoms with Crippen molar-refractivity contribution in [1.82, 2.24) is 14.5 Å². The molecule has 2 aromatic carbocycles. The van der Waals surface area contributed by atoms with Gasteiger partial charge in [0.2, 0.25) is 10.0 Å². The Hall–Kier alpha value is -3.51. The molecule has 0 amide bonds. The van der Waals surface area contributed by atoms with Gasteiger partial charge in [0.05, 0.1) is 42.3 Å². The Kier molecular flexibility index (Phi) is 7.55. The van der Waals surface area contributed by atoms with Gasteiger partial charge in [-0.05, 0) is 31.2 Å². The van der Waals surface area contributed by atoms with Crippen LogP contribution in [-0.4, -0.2) is 75.6 Å². The van der Waals surface area contributed by atoms with Gasteiger partial charge in [-0.1, -0.05) is 12.1 Å². The van der Waals surface area contributed by atoms with Crippen LogP contribution in [0.15, 0.2) is 46.0 Å². The first kappa shape index (κ1) is 25.6. The van der Waals surface area contributed by atoms with E-state index in [1.54, 1.807) is 14.0 Å². The van der Waals surface area contributed by atoms with Crippen molar-refractivity contribution in [2.24, 2.45) is 0 Å². The van der Waals surface area contributed by atoms with Gasteiger partial charge >= 0.3 is 5.69 Å². The predicted molar refractivity (Wildman–Crippen MR) is 140 cm³/mol. The molecule has 0 aliphatic carbocycles. The van der Waals surface area contributed by atoms with Crippen molar-refractivity contribution in [3.63, 3.8) is 0 Å². The first-order chi connectivity index (χ1) is 17.2. The maximum Gasteiger partial charge on any atom is 0.328 e. The highest BCUT2D eigenvalue weighted by Gasteiger charge is 2.20. The van der Waals surface area contributed by atoms with Crippen LogP contribution in [0.25, 0.3) is 10.9 Å². The number of ether oxygens (including phenoxy) is 2. The summed E-state index contributed by atoms with van der Waals surface area (Å²) in [5.41, 5.74) is 0.452. The summed E-state index contributed by atoms with van der Waals surface area (Å²) in [6, 6.07) is 10.8. The van der Waals surface area contributed by atoms with Gasteiger partial charge in [-0.2, -0.15) is 0 Å². The molecule has 0 spiro atoms. The van der Waals surface area contributed by atoms with Gasteiger partial charge in [-0.15, -0.1) is 0 Å². The number of H-pyrrole nitrogens is 1. The number of piperazine rings is 1. The number of anilines is 2. The molecule has 4 rings (SSSR count). The number of aromatic amines is 1. The lowest BCUT2D eigenvalue weighted by Gasteiger charge is -2.36. The third kappa shape index (κ3) is 5.65. The minimum absolute atomic E-state index is 0.160. The van der Waals surface area contributed by atoms with Crippen molar-refractivity contribution in [1.29, 1.82) is 0 Å². The molecule has 1 aliphatic rings. The molecule has 36 heavy (non-hydrogen) atoms. The fourth-order valence-corrected chi connectivity index (χ4v) is 4.94.